The van der Waals surface area contributed by atoms with Crippen molar-refractivity contribution in [3.63, 3.8) is 0 Å². The number of benzene rings is 1. The summed E-state index contributed by atoms with van der Waals surface area (Å²) < 4.78 is 5.50. The maximum Gasteiger partial charge on any atom is 0.254 e. The molecule has 114 valence electrons. The summed E-state index contributed by atoms with van der Waals surface area (Å²) in [5, 5.41) is 0. The van der Waals surface area contributed by atoms with Crippen LogP contribution in [0.3, 0.4) is 0 Å². The number of ether oxygens (including phenoxy) is 1. The fraction of sp³-hybridized carbons (Fsp3) is 0.588. The molecule has 0 saturated carbocycles. The summed E-state index contributed by atoms with van der Waals surface area (Å²) in [5.41, 5.74) is 7.82. The topological polar surface area (TPSA) is 55.6 Å². The molecule has 0 spiro atoms. The molecule has 4 heteroatoms. The fourth-order valence-corrected chi connectivity index (χ4v) is 3.48. The predicted octanol–water partition coefficient (Wildman–Crippen LogP) is 2.21. The van der Waals surface area contributed by atoms with Gasteiger partial charge in [-0.15, -0.1) is 0 Å². The van der Waals surface area contributed by atoms with Crippen molar-refractivity contribution >= 4 is 5.91 Å². The molecular weight excluding hydrogens is 264 g/mol. The number of hydrogen-bond acceptors (Lipinski definition) is 3. The zero-order valence-electron chi connectivity index (χ0n) is 12.7. The summed E-state index contributed by atoms with van der Waals surface area (Å²) >= 11 is 0. The van der Waals surface area contributed by atoms with Crippen molar-refractivity contribution in [3.8, 4) is 5.75 Å². The Morgan fingerprint density at radius 1 is 1.48 bits per heavy atom. The summed E-state index contributed by atoms with van der Waals surface area (Å²) in [6.45, 7) is 4.32. The second-order valence-electron chi connectivity index (χ2n) is 6.11. The van der Waals surface area contributed by atoms with Gasteiger partial charge in [0.05, 0.1) is 6.61 Å². The first-order valence-electron chi connectivity index (χ1n) is 7.99. The Bertz CT molecular complexity index is 530. The molecule has 1 fully saturated rings. The molecule has 1 saturated heterocycles. The summed E-state index contributed by atoms with van der Waals surface area (Å²) in [5.74, 6) is 1.75. The molecule has 1 amide bonds. The number of amides is 1. The minimum absolute atomic E-state index is 0.120. The highest BCUT2D eigenvalue weighted by atomic mass is 16.5. The summed E-state index contributed by atoms with van der Waals surface area (Å²) in [6, 6.07) is 5.97. The van der Waals surface area contributed by atoms with E-state index in [0.717, 1.165) is 49.3 Å². The molecule has 0 aliphatic carbocycles. The van der Waals surface area contributed by atoms with Gasteiger partial charge in [-0.05, 0) is 42.5 Å². The van der Waals surface area contributed by atoms with E-state index < -0.39 is 0 Å². The van der Waals surface area contributed by atoms with Crippen molar-refractivity contribution in [2.75, 3.05) is 19.7 Å². The minimum atomic E-state index is 0.120. The first-order chi connectivity index (χ1) is 10.2. The van der Waals surface area contributed by atoms with Crippen molar-refractivity contribution in [3.05, 3.63) is 29.3 Å². The molecule has 0 radical (unpaired) electrons. The number of nitrogens with zero attached hydrogens (tertiary/aromatic N) is 1. The standard InChI is InChI=1S/C17H24N2O2/c1-2-12-5-7-19(15(9-12)11-18)17(20)14-3-4-16-13(10-14)6-8-21-16/h3-4,10,12,15H,2,5-9,11,18H2,1H3. The van der Waals surface area contributed by atoms with Crippen LogP contribution >= 0.6 is 0 Å². The zero-order chi connectivity index (χ0) is 14.8. The van der Waals surface area contributed by atoms with E-state index in [-0.39, 0.29) is 11.9 Å². The molecular formula is C17H24N2O2. The third-order valence-corrected chi connectivity index (χ3v) is 4.87. The van der Waals surface area contributed by atoms with E-state index in [1.165, 1.54) is 6.42 Å². The van der Waals surface area contributed by atoms with Gasteiger partial charge in [0.2, 0.25) is 0 Å². The Balaban J connectivity index is 1.78. The second-order valence-corrected chi connectivity index (χ2v) is 6.11. The second kappa shape index (κ2) is 6.06. The maximum atomic E-state index is 12.8. The first-order valence-corrected chi connectivity index (χ1v) is 7.99. The van der Waals surface area contributed by atoms with Gasteiger partial charge < -0.3 is 15.4 Å². The Kier molecular flexibility index (Phi) is 4.15. The molecule has 0 bridgehead atoms. The molecule has 2 heterocycles. The van der Waals surface area contributed by atoms with E-state index in [9.17, 15) is 4.79 Å². The van der Waals surface area contributed by atoms with Crippen molar-refractivity contribution in [2.45, 2.75) is 38.6 Å². The van der Waals surface area contributed by atoms with E-state index >= 15 is 0 Å². The highest BCUT2D eigenvalue weighted by Gasteiger charge is 2.31. The number of carbonyl (C=O) groups is 1. The maximum absolute atomic E-state index is 12.8. The van der Waals surface area contributed by atoms with Crippen LogP contribution in [0.4, 0.5) is 0 Å². The lowest BCUT2D eigenvalue weighted by Crippen LogP contribution is -2.49. The van der Waals surface area contributed by atoms with E-state index in [0.29, 0.717) is 12.5 Å². The number of piperidine rings is 1. The molecule has 2 N–H and O–H groups in total. The Hall–Kier alpha value is -1.55. The largest absolute Gasteiger partial charge is 0.493 e. The molecule has 0 aromatic heterocycles. The SMILES string of the molecule is CCC1CCN(C(=O)c2ccc3c(c2)CCO3)C(CN)C1. The zero-order valence-corrected chi connectivity index (χ0v) is 12.7. The Morgan fingerprint density at radius 2 is 2.33 bits per heavy atom. The first kappa shape index (κ1) is 14.4. The number of hydrogen-bond donors (Lipinski definition) is 1. The van der Waals surface area contributed by atoms with Crippen LogP contribution in [0.15, 0.2) is 18.2 Å². The lowest BCUT2D eigenvalue weighted by Gasteiger charge is -2.39. The average molecular weight is 288 g/mol. The van der Waals surface area contributed by atoms with Gasteiger partial charge in [-0.1, -0.05) is 13.3 Å². The summed E-state index contributed by atoms with van der Waals surface area (Å²) in [7, 11) is 0. The van der Waals surface area contributed by atoms with Gasteiger partial charge in [-0.2, -0.15) is 0 Å². The quantitative estimate of drug-likeness (QED) is 0.928. The van der Waals surface area contributed by atoms with Crippen molar-refractivity contribution in [2.24, 2.45) is 11.7 Å². The number of likely N-dealkylation sites (tertiary alicyclic amines) is 1. The molecule has 3 rings (SSSR count). The van der Waals surface area contributed by atoms with Gasteiger partial charge in [0.25, 0.3) is 5.91 Å². The summed E-state index contributed by atoms with van der Waals surface area (Å²) in [4.78, 5) is 14.8. The monoisotopic (exact) mass is 288 g/mol. The third-order valence-electron chi connectivity index (χ3n) is 4.87. The van der Waals surface area contributed by atoms with E-state index in [1.807, 2.05) is 23.1 Å². The van der Waals surface area contributed by atoms with Crippen LogP contribution in [-0.4, -0.2) is 36.5 Å². The molecule has 2 unspecified atom stereocenters. The lowest BCUT2D eigenvalue weighted by molar-refractivity contribution is 0.0558. The van der Waals surface area contributed by atoms with Gasteiger partial charge in [0, 0.05) is 31.1 Å². The van der Waals surface area contributed by atoms with Crippen LogP contribution in [0.1, 0.15) is 42.1 Å². The van der Waals surface area contributed by atoms with Crippen LogP contribution in [0.25, 0.3) is 0 Å². The molecule has 1 aromatic rings. The summed E-state index contributed by atoms with van der Waals surface area (Å²) in [6.07, 6.45) is 4.20. The normalized spacial score (nSPS) is 24.6. The molecule has 4 nitrogen and oxygen atoms in total. The van der Waals surface area contributed by atoms with Crippen LogP contribution in [-0.2, 0) is 6.42 Å². The Morgan fingerprint density at radius 3 is 3.10 bits per heavy atom. The van der Waals surface area contributed by atoms with E-state index in [4.69, 9.17) is 10.5 Å². The molecule has 2 aliphatic rings. The third kappa shape index (κ3) is 2.77. The number of rotatable bonds is 3. The van der Waals surface area contributed by atoms with Crippen molar-refractivity contribution < 1.29 is 9.53 Å². The number of fused-ring (bicyclic) bond motifs is 1. The van der Waals surface area contributed by atoms with E-state index in [2.05, 4.69) is 6.92 Å². The fourth-order valence-electron chi connectivity index (χ4n) is 3.48. The van der Waals surface area contributed by atoms with Crippen molar-refractivity contribution in [1.82, 2.24) is 4.90 Å². The number of carbonyl (C=O) groups excluding carboxylic acids is 1. The molecule has 2 atom stereocenters. The van der Waals surface area contributed by atoms with Crippen molar-refractivity contribution in [1.29, 1.82) is 0 Å². The van der Waals surface area contributed by atoms with Crippen LogP contribution in [0, 0.1) is 5.92 Å². The van der Waals surface area contributed by atoms with Crippen LogP contribution in [0.5, 0.6) is 5.75 Å². The highest BCUT2D eigenvalue weighted by molar-refractivity contribution is 5.95. The van der Waals surface area contributed by atoms with Gasteiger partial charge in [0.15, 0.2) is 0 Å². The van der Waals surface area contributed by atoms with Crippen LogP contribution in [0.2, 0.25) is 0 Å². The molecule has 1 aromatic carbocycles. The number of nitrogens with two attached hydrogens (primary N) is 1. The average Bonchev–Trinajstić information content (AvgIpc) is 3.01. The van der Waals surface area contributed by atoms with Gasteiger partial charge in [-0.25, -0.2) is 0 Å². The molecule has 2 aliphatic heterocycles. The smallest absolute Gasteiger partial charge is 0.254 e. The van der Waals surface area contributed by atoms with Crippen LogP contribution < -0.4 is 10.5 Å². The minimum Gasteiger partial charge on any atom is -0.493 e. The van der Waals surface area contributed by atoms with Gasteiger partial charge in [-0.3, -0.25) is 4.79 Å². The molecule has 21 heavy (non-hydrogen) atoms. The van der Waals surface area contributed by atoms with Gasteiger partial charge in [0.1, 0.15) is 5.75 Å². The van der Waals surface area contributed by atoms with Gasteiger partial charge >= 0.3 is 0 Å². The predicted molar refractivity (Wildman–Crippen MR) is 82.5 cm³/mol. The highest BCUT2D eigenvalue weighted by Crippen LogP contribution is 2.29. The van der Waals surface area contributed by atoms with E-state index in [1.54, 1.807) is 0 Å². The Labute approximate surface area is 126 Å². The lowest BCUT2D eigenvalue weighted by atomic mass is 9.88.